The number of nitrogens with two attached hydrogens (primary N) is 1. The van der Waals surface area contributed by atoms with E-state index in [4.69, 9.17) is 32.9 Å². The van der Waals surface area contributed by atoms with Gasteiger partial charge in [-0.05, 0) is 6.92 Å². The molecule has 0 aromatic heterocycles. The molecule has 21 heavy (non-hydrogen) atoms. The molecule has 1 aliphatic rings. The maximum absolute atomic E-state index is 11.3. The Kier molecular flexibility index (Phi) is 5.75. The molecule has 0 aliphatic carbocycles. The lowest BCUT2D eigenvalue weighted by Gasteiger charge is -2.47. The average Bonchev–Trinajstić information content (AvgIpc) is 2.40. The number of aliphatic hydroxyl groups excluding tert-OH is 4. The fraction of sp³-hybridized carbons (Fsp3) is 0.818. The molecule has 1 saturated heterocycles. The van der Waals surface area contributed by atoms with Gasteiger partial charge in [-0.15, -0.1) is 0 Å². The van der Waals surface area contributed by atoms with Crippen molar-refractivity contribution in [3.8, 4) is 0 Å². The van der Waals surface area contributed by atoms with Crippen LogP contribution in [0.15, 0.2) is 0 Å². The molecule has 7 atom stereocenters. The number of rotatable bonds is 5. The van der Waals surface area contributed by atoms with Gasteiger partial charge in [0, 0.05) is 4.86 Å². The van der Waals surface area contributed by atoms with Crippen LogP contribution in [0.3, 0.4) is 0 Å². The summed E-state index contributed by atoms with van der Waals surface area (Å²) in [6, 6.07) is -1.33. The maximum Gasteiger partial charge on any atom is 0.365 e. The van der Waals surface area contributed by atoms with Crippen LogP contribution in [-0.4, -0.2) is 84.3 Å². The Balaban J connectivity index is 3.19. The summed E-state index contributed by atoms with van der Waals surface area (Å²) in [4.78, 5) is 11.2. The number of carbonyl (C=O) groups is 1. The molecular formula is C11H19NO8S. The van der Waals surface area contributed by atoms with Crippen LogP contribution in [0.25, 0.3) is 0 Å². The van der Waals surface area contributed by atoms with Crippen molar-refractivity contribution in [2.24, 2.45) is 11.7 Å². The van der Waals surface area contributed by atoms with Gasteiger partial charge >= 0.3 is 5.97 Å². The van der Waals surface area contributed by atoms with Crippen molar-refractivity contribution in [3.05, 3.63) is 0 Å². The largest absolute Gasteiger partial charge is 0.477 e. The van der Waals surface area contributed by atoms with Gasteiger partial charge < -0.3 is 41.1 Å². The fourth-order valence-corrected chi connectivity index (χ4v) is 2.63. The van der Waals surface area contributed by atoms with Crippen molar-refractivity contribution in [1.82, 2.24) is 0 Å². The fourth-order valence-electron chi connectivity index (χ4n) is 2.33. The molecular weight excluding hydrogens is 306 g/mol. The Hall–Kier alpha value is -0.720. The molecule has 0 aromatic carbocycles. The van der Waals surface area contributed by atoms with Gasteiger partial charge in [0.1, 0.15) is 18.3 Å². The van der Waals surface area contributed by atoms with E-state index in [2.05, 4.69) is 0 Å². The van der Waals surface area contributed by atoms with E-state index in [0.29, 0.717) is 0 Å². The second kappa shape index (κ2) is 6.58. The van der Waals surface area contributed by atoms with Crippen LogP contribution in [0.2, 0.25) is 0 Å². The lowest BCUT2D eigenvalue weighted by atomic mass is 9.79. The first-order valence-electron chi connectivity index (χ1n) is 6.12. The minimum Gasteiger partial charge on any atom is -0.477 e. The average molecular weight is 325 g/mol. The summed E-state index contributed by atoms with van der Waals surface area (Å²) in [5.41, 5.74) is 5.67. The van der Waals surface area contributed by atoms with Gasteiger partial charge in [-0.2, -0.15) is 0 Å². The molecule has 1 heterocycles. The Morgan fingerprint density at radius 3 is 2.38 bits per heavy atom. The number of aliphatic carboxylic acids is 1. The van der Waals surface area contributed by atoms with E-state index in [1.807, 2.05) is 0 Å². The standard InChI is InChI=1S/C11H19NO8S/c1-3(21)5-8(16)6(12)9(7(15)4(14)2-13)20-11(5,19)10(17)18/h4-9,13-16,19H,2,12H2,1H3,(H,17,18)/t4-,5?,6-,7-,8+,9-,11?/m1/s1. The molecule has 122 valence electrons. The van der Waals surface area contributed by atoms with Crippen LogP contribution >= 0.6 is 12.2 Å². The van der Waals surface area contributed by atoms with Crippen LogP contribution in [-0.2, 0) is 9.53 Å². The lowest BCUT2D eigenvalue weighted by Crippen LogP contribution is -2.71. The molecule has 0 saturated carbocycles. The highest BCUT2D eigenvalue weighted by Gasteiger charge is 2.59. The molecule has 0 radical (unpaired) electrons. The van der Waals surface area contributed by atoms with Gasteiger partial charge in [0.05, 0.1) is 24.7 Å². The molecule has 8 N–H and O–H groups in total. The zero-order valence-corrected chi connectivity index (χ0v) is 12.0. The maximum atomic E-state index is 11.3. The first-order chi connectivity index (χ1) is 9.57. The number of hydrogen-bond donors (Lipinski definition) is 7. The summed E-state index contributed by atoms with van der Waals surface area (Å²) >= 11 is 4.82. The lowest BCUT2D eigenvalue weighted by molar-refractivity contribution is -0.306. The molecule has 1 fully saturated rings. The van der Waals surface area contributed by atoms with E-state index in [-0.39, 0.29) is 4.86 Å². The zero-order valence-electron chi connectivity index (χ0n) is 11.2. The van der Waals surface area contributed by atoms with Crippen LogP contribution in [0.1, 0.15) is 6.92 Å². The van der Waals surface area contributed by atoms with Crippen molar-refractivity contribution < 1.29 is 40.2 Å². The third-order valence-electron chi connectivity index (χ3n) is 3.51. The van der Waals surface area contributed by atoms with Gasteiger partial charge in [0.15, 0.2) is 0 Å². The molecule has 1 rings (SSSR count). The number of aliphatic hydroxyl groups is 5. The molecule has 9 nitrogen and oxygen atoms in total. The van der Waals surface area contributed by atoms with Crippen LogP contribution < -0.4 is 5.73 Å². The van der Waals surface area contributed by atoms with E-state index < -0.39 is 54.7 Å². The molecule has 10 heteroatoms. The second-order valence-electron chi connectivity index (χ2n) is 4.98. The summed E-state index contributed by atoms with van der Waals surface area (Å²) in [6.07, 6.45) is -6.73. The number of thiocarbonyl (C=S) groups is 1. The zero-order chi connectivity index (χ0) is 16.5. The van der Waals surface area contributed by atoms with Gasteiger partial charge in [0.25, 0.3) is 5.79 Å². The topological polar surface area (TPSA) is 174 Å². The van der Waals surface area contributed by atoms with Crippen LogP contribution in [0.5, 0.6) is 0 Å². The van der Waals surface area contributed by atoms with E-state index in [0.717, 1.165) is 0 Å². The Labute approximate surface area is 125 Å². The number of ether oxygens (including phenoxy) is 1. The number of carboxylic acid groups (broad SMARTS) is 1. The van der Waals surface area contributed by atoms with Crippen LogP contribution in [0, 0.1) is 5.92 Å². The first-order valence-corrected chi connectivity index (χ1v) is 6.53. The molecule has 0 aromatic rings. The third-order valence-corrected chi connectivity index (χ3v) is 3.77. The molecule has 0 amide bonds. The van der Waals surface area contributed by atoms with Crippen molar-refractivity contribution >= 4 is 23.1 Å². The highest BCUT2D eigenvalue weighted by molar-refractivity contribution is 7.80. The van der Waals surface area contributed by atoms with Gasteiger partial charge in [-0.3, -0.25) is 0 Å². The van der Waals surface area contributed by atoms with Crippen LogP contribution in [0.4, 0.5) is 0 Å². The minimum atomic E-state index is -2.90. The summed E-state index contributed by atoms with van der Waals surface area (Å²) in [5.74, 6) is -6.21. The van der Waals surface area contributed by atoms with Gasteiger partial charge in [-0.25, -0.2) is 4.79 Å². The van der Waals surface area contributed by atoms with E-state index in [9.17, 15) is 25.2 Å². The predicted octanol–water partition coefficient (Wildman–Crippen LogP) is -3.43. The highest BCUT2D eigenvalue weighted by atomic mass is 32.1. The van der Waals surface area contributed by atoms with Crippen molar-refractivity contribution in [1.29, 1.82) is 0 Å². The molecule has 1 aliphatic heterocycles. The molecule has 0 bridgehead atoms. The number of carboxylic acids is 1. The van der Waals surface area contributed by atoms with E-state index in [1.165, 1.54) is 6.92 Å². The normalized spacial score (nSPS) is 39.6. The van der Waals surface area contributed by atoms with Crippen molar-refractivity contribution in [3.63, 3.8) is 0 Å². The predicted molar refractivity (Wildman–Crippen MR) is 72.3 cm³/mol. The highest BCUT2D eigenvalue weighted by Crippen LogP contribution is 2.35. The van der Waals surface area contributed by atoms with Gasteiger partial charge in [-0.1, -0.05) is 12.2 Å². The minimum absolute atomic E-state index is 0.0431. The smallest absolute Gasteiger partial charge is 0.365 e. The molecule has 0 spiro atoms. The first kappa shape index (κ1) is 18.3. The Morgan fingerprint density at radius 2 is 2.00 bits per heavy atom. The second-order valence-corrected chi connectivity index (χ2v) is 5.62. The van der Waals surface area contributed by atoms with Crippen molar-refractivity contribution in [2.45, 2.75) is 43.2 Å². The monoisotopic (exact) mass is 325 g/mol. The summed E-state index contributed by atoms with van der Waals surface area (Å²) < 4.78 is 4.94. The van der Waals surface area contributed by atoms with Crippen molar-refractivity contribution in [2.75, 3.05) is 6.61 Å². The number of hydrogen-bond acceptors (Lipinski definition) is 9. The summed E-state index contributed by atoms with van der Waals surface area (Å²) in [6.45, 7) is 0.470. The quantitative estimate of drug-likeness (QED) is 0.252. The Morgan fingerprint density at radius 1 is 1.48 bits per heavy atom. The summed E-state index contributed by atoms with van der Waals surface area (Å²) in [7, 11) is 0. The third kappa shape index (κ3) is 3.22. The Bertz CT molecular complexity index is 421. The van der Waals surface area contributed by atoms with Gasteiger partial charge in [0.2, 0.25) is 0 Å². The SMILES string of the molecule is CC(=S)C1[C@H](O)[C@@H](N)[C@H]([C@H](O)[C@H](O)CO)OC1(O)C(=O)O. The van der Waals surface area contributed by atoms with E-state index >= 15 is 0 Å². The summed E-state index contributed by atoms with van der Waals surface area (Å²) in [5, 5.41) is 57.4. The molecule has 2 unspecified atom stereocenters. The van der Waals surface area contributed by atoms with E-state index in [1.54, 1.807) is 0 Å².